The second-order valence-electron chi connectivity index (χ2n) is 4.87. The average Bonchev–Trinajstić information content (AvgIpc) is 2.89. The Balaban J connectivity index is 1.91. The Morgan fingerprint density at radius 1 is 1.23 bits per heavy atom. The largest absolute Gasteiger partial charge is 0.417 e. The third-order valence-electron chi connectivity index (χ3n) is 3.52. The molecule has 0 unspecified atom stereocenters. The number of alkyl halides is 3. The number of hydrogen-bond donors (Lipinski definition) is 0. The molecule has 0 atom stereocenters. The molecule has 1 aliphatic rings. The lowest BCUT2D eigenvalue weighted by Crippen LogP contribution is -2.15. The third kappa shape index (κ3) is 2.47. The van der Waals surface area contributed by atoms with Gasteiger partial charge in [-0.25, -0.2) is 4.98 Å². The maximum absolute atomic E-state index is 12.5. The predicted molar refractivity (Wildman–Crippen MR) is 73.0 cm³/mol. The lowest BCUT2D eigenvalue weighted by atomic mass is 10.1. The Labute approximate surface area is 123 Å². The van der Waals surface area contributed by atoms with Gasteiger partial charge < -0.3 is 4.90 Å². The van der Waals surface area contributed by atoms with Gasteiger partial charge in [-0.15, -0.1) is 0 Å². The smallest absolute Gasteiger partial charge is 0.326 e. The van der Waals surface area contributed by atoms with Crippen LogP contribution in [0, 0.1) is 10.1 Å². The maximum Gasteiger partial charge on any atom is 0.417 e. The quantitative estimate of drug-likeness (QED) is 0.627. The maximum atomic E-state index is 12.5. The molecule has 0 N–H and O–H groups in total. The van der Waals surface area contributed by atoms with Gasteiger partial charge >= 0.3 is 6.18 Å². The topological polar surface area (TPSA) is 59.3 Å². The molecule has 114 valence electrons. The zero-order valence-corrected chi connectivity index (χ0v) is 11.2. The first-order chi connectivity index (χ1) is 10.4. The van der Waals surface area contributed by atoms with Crippen LogP contribution in [-0.2, 0) is 12.6 Å². The Bertz CT molecular complexity index is 729. The van der Waals surface area contributed by atoms with Crippen molar-refractivity contribution in [2.75, 3.05) is 11.4 Å². The minimum atomic E-state index is -4.42. The number of halogens is 3. The summed E-state index contributed by atoms with van der Waals surface area (Å²) < 4.78 is 37.6. The zero-order valence-electron chi connectivity index (χ0n) is 11.2. The summed E-state index contributed by atoms with van der Waals surface area (Å²) in [5, 5.41) is 10.8. The van der Waals surface area contributed by atoms with E-state index in [0.29, 0.717) is 18.8 Å². The summed E-state index contributed by atoms with van der Waals surface area (Å²) in [6.07, 6.45) is -3.05. The second kappa shape index (κ2) is 4.97. The number of nitrogens with zero attached hydrogens (tertiary/aromatic N) is 3. The average molecular weight is 309 g/mol. The highest BCUT2D eigenvalue weighted by Gasteiger charge is 2.31. The number of nitro benzene ring substituents is 1. The fraction of sp³-hybridized carbons (Fsp3) is 0.214. The van der Waals surface area contributed by atoms with Crippen molar-refractivity contribution in [3.8, 4) is 0 Å². The van der Waals surface area contributed by atoms with E-state index in [0.717, 1.165) is 23.5 Å². The van der Waals surface area contributed by atoms with Crippen molar-refractivity contribution in [1.29, 1.82) is 0 Å². The summed E-state index contributed by atoms with van der Waals surface area (Å²) in [5.41, 5.74) is 0.717. The van der Waals surface area contributed by atoms with Crippen molar-refractivity contribution in [1.82, 2.24) is 4.98 Å². The van der Waals surface area contributed by atoms with Crippen molar-refractivity contribution in [3.63, 3.8) is 0 Å². The SMILES string of the molecule is O=[N+]([O-])c1ccc2c(c1)CCN2c1ccc(C(F)(F)F)cn1. The molecule has 1 aromatic carbocycles. The van der Waals surface area contributed by atoms with E-state index in [4.69, 9.17) is 0 Å². The molecule has 1 aromatic heterocycles. The summed E-state index contributed by atoms with van der Waals surface area (Å²) in [7, 11) is 0. The van der Waals surface area contributed by atoms with Crippen LogP contribution in [-0.4, -0.2) is 16.5 Å². The van der Waals surface area contributed by atoms with Crippen LogP contribution in [0.25, 0.3) is 0 Å². The van der Waals surface area contributed by atoms with Crippen LogP contribution in [0.2, 0.25) is 0 Å². The molecular formula is C14H10F3N3O2. The first-order valence-corrected chi connectivity index (χ1v) is 6.44. The number of aromatic nitrogens is 1. The van der Waals surface area contributed by atoms with E-state index in [1.165, 1.54) is 18.2 Å². The second-order valence-corrected chi connectivity index (χ2v) is 4.87. The molecule has 2 aromatic rings. The van der Waals surface area contributed by atoms with Gasteiger partial charge in [0.1, 0.15) is 5.82 Å². The van der Waals surface area contributed by atoms with Crippen molar-refractivity contribution in [3.05, 3.63) is 57.8 Å². The summed E-state index contributed by atoms with van der Waals surface area (Å²) in [5.74, 6) is 0.389. The molecule has 2 heterocycles. The molecule has 0 aliphatic carbocycles. The van der Waals surface area contributed by atoms with Gasteiger partial charge in [0, 0.05) is 30.6 Å². The third-order valence-corrected chi connectivity index (χ3v) is 3.52. The van der Waals surface area contributed by atoms with E-state index in [1.54, 1.807) is 11.0 Å². The number of benzene rings is 1. The van der Waals surface area contributed by atoms with E-state index in [-0.39, 0.29) is 5.69 Å². The highest BCUT2D eigenvalue weighted by molar-refractivity contribution is 5.69. The lowest BCUT2D eigenvalue weighted by Gasteiger charge is -2.18. The number of fused-ring (bicyclic) bond motifs is 1. The molecule has 8 heteroatoms. The predicted octanol–water partition coefficient (Wildman–Crippen LogP) is 3.70. The summed E-state index contributed by atoms with van der Waals surface area (Å²) in [4.78, 5) is 15.9. The molecule has 3 rings (SSSR count). The van der Waals surface area contributed by atoms with Crippen LogP contribution in [0.5, 0.6) is 0 Å². The minimum absolute atomic E-state index is 0.000906. The van der Waals surface area contributed by atoms with Crippen LogP contribution in [0.3, 0.4) is 0 Å². The first kappa shape index (κ1) is 14.3. The normalized spacial score (nSPS) is 14.0. The molecule has 1 aliphatic heterocycles. The van der Waals surface area contributed by atoms with Crippen molar-refractivity contribution < 1.29 is 18.1 Å². The monoisotopic (exact) mass is 309 g/mol. The van der Waals surface area contributed by atoms with Gasteiger partial charge in [0.2, 0.25) is 0 Å². The molecule has 5 nitrogen and oxygen atoms in total. The molecule has 0 radical (unpaired) electrons. The number of non-ortho nitro benzene ring substituents is 1. The Hall–Kier alpha value is -2.64. The molecule has 0 amide bonds. The van der Waals surface area contributed by atoms with Crippen molar-refractivity contribution in [2.24, 2.45) is 0 Å². The van der Waals surface area contributed by atoms with Crippen LogP contribution >= 0.6 is 0 Å². The minimum Gasteiger partial charge on any atom is -0.326 e. The fourth-order valence-electron chi connectivity index (χ4n) is 2.45. The molecular weight excluding hydrogens is 299 g/mol. The van der Waals surface area contributed by atoms with Crippen molar-refractivity contribution in [2.45, 2.75) is 12.6 Å². The van der Waals surface area contributed by atoms with Gasteiger partial charge in [0.15, 0.2) is 0 Å². The Morgan fingerprint density at radius 3 is 2.59 bits per heavy atom. The number of pyridine rings is 1. The van der Waals surface area contributed by atoms with Gasteiger partial charge in [0.05, 0.1) is 10.5 Å². The highest BCUT2D eigenvalue weighted by Crippen LogP contribution is 2.36. The Kier molecular flexibility index (Phi) is 3.23. The fourth-order valence-corrected chi connectivity index (χ4v) is 2.45. The molecule has 0 saturated heterocycles. The van der Waals surface area contributed by atoms with Crippen LogP contribution in [0.4, 0.5) is 30.4 Å². The van der Waals surface area contributed by atoms with E-state index in [9.17, 15) is 23.3 Å². The number of rotatable bonds is 2. The summed E-state index contributed by atoms with van der Waals surface area (Å²) in [6.45, 7) is 0.523. The van der Waals surface area contributed by atoms with Crippen LogP contribution in [0.15, 0.2) is 36.5 Å². The summed E-state index contributed by atoms with van der Waals surface area (Å²) >= 11 is 0. The van der Waals surface area contributed by atoms with Crippen molar-refractivity contribution >= 4 is 17.2 Å². The number of nitro groups is 1. The van der Waals surface area contributed by atoms with Gasteiger partial charge in [-0.2, -0.15) is 13.2 Å². The molecule has 0 spiro atoms. The first-order valence-electron chi connectivity index (χ1n) is 6.44. The van der Waals surface area contributed by atoms with Gasteiger partial charge in [-0.05, 0) is 30.2 Å². The molecule has 0 bridgehead atoms. The van der Waals surface area contributed by atoms with Gasteiger partial charge in [-0.1, -0.05) is 0 Å². The number of hydrogen-bond acceptors (Lipinski definition) is 4. The van der Waals surface area contributed by atoms with E-state index >= 15 is 0 Å². The summed E-state index contributed by atoms with van der Waals surface area (Å²) in [6, 6.07) is 6.74. The standard InChI is InChI=1S/C14H10F3N3O2/c15-14(16,17)10-1-4-13(18-8-10)19-6-5-9-7-11(20(21)22)2-3-12(9)19/h1-4,7-8H,5-6H2. The van der Waals surface area contributed by atoms with Crippen LogP contribution < -0.4 is 4.90 Å². The molecule has 22 heavy (non-hydrogen) atoms. The molecule has 0 saturated carbocycles. The van der Waals surface area contributed by atoms with E-state index in [2.05, 4.69) is 4.98 Å². The van der Waals surface area contributed by atoms with E-state index in [1.807, 2.05) is 0 Å². The van der Waals surface area contributed by atoms with E-state index < -0.39 is 16.7 Å². The Morgan fingerprint density at radius 2 is 2.00 bits per heavy atom. The lowest BCUT2D eigenvalue weighted by molar-refractivity contribution is -0.384. The van der Waals surface area contributed by atoms with Gasteiger partial charge in [-0.3, -0.25) is 10.1 Å². The van der Waals surface area contributed by atoms with Crippen LogP contribution in [0.1, 0.15) is 11.1 Å². The highest BCUT2D eigenvalue weighted by atomic mass is 19.4. The zero-order chi connectivity index (χ0) is 15.9. The number of anilines is 2. The van der Waals surface area contributed by atoms with Gasteiger partial charge in [0.25, 0.3) is 5.69 Å². The molecule has 0 fully saturated rings.